The summed E-state index contributed by atoms with van der Waals surface area (Å²) in [4.78, 5) is 32.5. The van der Waals surface area contributed by atoms with Gasteiger partial charge in [-0.2, -0.15) is 0 Å². The van der Waals surface area contributed by atoms with Crippen molar-refractivity contribution in [3.05, 3.63) is 148 Å². The lowest BCUT2D eigenvalue weighted by Gasteiger charge is -2.36. The first kappa shape index (κ1) is 40.3. The second kappa shape index (κ2) is 18.6. The highest BCUT2D eigenvalue weighted by Gasteiger charge is 2.26. The molecule has 14 heteroatoms. The van der Waals surface area contributed by atoms with Crippen LogP contribution in [0.25, 0.3) is 11.1 Å². The van der Waals surface area contributed by atoms with Crippen molar-refractivity contribution >= 4 is 56.4 Å². The minimum Gasteiger partial charge on any atom is -0.376 e. The van der Waals surface area contributed by atoms with Crippen molar-refractivity contribution in [3.8, 4) is 11.1 Å². The van der Waals surface area contributed by atoms with E-state index in [1.54, 1.807) is 23.9 Å². The van der Waals surface area contributed by atoms with Crippen LogP contribution in [0.15, 0.2) is 131 Å². The van der Waals surface area contributed by atoms with Crippen molar-refractivity contribution in [3.63, 3.8) is 0 Å². The van der Waals surface area contributed by atoms with Gasteiger partial charge in [0, 0.05) is 78.3 Å². The normalized spacial score (nSPS) is 15.4. The number of sulfonamides is 1. The Labute approximate surface area is 343 Å². The number of carbonyl (C=O) groups excluding carboxylic acids is 1. The van der Waals surface area contributed by atoms with Crippen LogP contribution < -0.4 is 14.9 Å². The number of rotatable bonds is 16. The molecule has 0 aliphatic carbocycles. The van der Waals surface area contributed by atoms with Crippen LogP contribution in [0.4, 0.5) is 17.1 Å². The third-order valence-corrected chi connectivity index (χ3v) is 13.2. The minimum absolute atomic E-state index is 0.105. The van der Waals surface area contributed by atoms with Crippen molar-refractivity contribution in [2.45, 2.75) is 35.2 Å². The maximum atomic E-state index is 13.4. The Balaban J connectivity index is 0.954. The van der Waals surface area contributed by atoms with Crippen LogP contribution in [-0.2, 0) is 16.6 Å². The predicted octanol–water partition coefficient (Wildman–Crippen LogP) is 8.02. The summed E-state index contributed by atoms with van der Waals surface area (Å²) in [6.07, 6.45) is 1.94. The van der Waals surface area contributed by atoms with Gasteiger partial charge >= 0.3 is 0 Å². The number of halogens is 1. The van der Waals surface area contributed by atoms with E-state index >= 15 is 0 Å². The average Bonchev–Trinajstić information content (AvgIpc) is 3.20. The molecule has 0 aromatic heterocycles. The van der Waals surface area contributed by atoms with E-state index in [4.69, 9.17) is 11.6 Å². The van der Waals surface area contributed by atoms with E-state index in [2.05, 4.69) is 42.9 Å². The number of thioether (sulfide) groups is 1. The number of nitrogens with zero attached hydrogens (tertiary/aromatic N) is 4. The summed E-state index contributed by atoms with van der Waals surface area (Å²) in [5.41, 5.74) is 4.50. The fourth-order valence-corrected chi connectivity index (χ4v) is 9.18. The van der Waals surface area contributed by atoms with Gasteiger partial charge in [-0.1, -0.05) is 66.2 Å². The van der Waals surface area contributed by atoms with Gasteiger partial charge in [0.05, 0.1) is 9.82 Å². The van der Waals surface area contributed by atoms with E-state index in [0.717, 1.165) is 81.0 Å². The molecule has 2 aliphatic heterocycles. The second-order valence-corrected chi connectivity index (χ2v) is 17.5. The van der Waals surface area contributed by atoms with Crippen molar-refractivity contribution in [2.24, 2.45) is 0 Å². The molecule has 2 fully saturated rings. The topological polar surface area (TPSA) is 128 Å². The number of nitro benzene ring substituents is 1. The summed E-state index contributed by atoms with van der Waals surface area (Å²) < 4.78 is 28.9. The van der Waals surface area contributed by atoms with E-state index < -0.39 is 20.9 Å². The molecule has 0 spiro atoms. The Bertz CT molecular complexity index is 2270. The SMILES string of the molecule is O=C(NS(=O)(=O)c1ccc(N[C@H](CCN2CCC2)CSc2ccccc2)c([N+](=O)[O-])c1)c1ccc(N2CCN(Cc3ccccc3-c3ccc(Cl)cc3)CC2)cc1. The second-order valence-electron chi connectivity index (χ2n) is 14.3. The number of likely N-dealkylation sites (tertiary alicyclic amines) is 1. The molecule has 11 nitrogen and oxygen atoms in total. The molecule has 0 saturated carbocycles. The molecular weight excluding hydrogens is 780 g/mol. The van der Waals surface area contributed by atoms with Crippen LogP contribution in [0.5, 0.6) is 0 Å². The standard InChI is InChI=1S/C43H45ClN6O5S2/c44-35-15-11-32(12-16-35)40-10-5-4-7-34(40)30-48-25-27-49(28-26-48)37-17-13-33(14-18-37)43(51)46-57(54,55)39-19-20-41(42(29-39)50(52)53)45-36(21-24-47-22-6-23-47)31-56-38-8-2-1-3-9-38/h1-5,7-20,29,36,45H,6,21-28,30-31H2,(H,46,51)/t36-/m1/s1. The molecule has 0 unspecified atom stereocenters. The fraction of sp³-hybridized carbons (Fsp3) is 0.279. The van der Waals surface area contributed by atoms with Gasteiger partial charge < -0.3 is 15.1 Å². The fourth-order valence-electron chi connectivity index (χ4n) is 7.06. The van der Waals surface area contributed by atoms with Gasteiger partial charge in [0.25, 0.3) is 21.6 Å². The largest absolute Gasteiger partial charge is 0.376 e. The number of anilines is 2. The molecule has 57 heavy (non-hydrogen) atoms. The van der Waals surface area contributed by atoms with Crippen molar-refractivity contribution in [2.75, 3.05) is 61.8 Å². The van der Waals surface area contributed by atoms with Gasteiger partial charge in [0.1, 0.15) is 5.69 Å². The monoisotopic (exact) mass is 824 g/mol. The van der Waals surface area contributed by atoms with Gasteiger partial charge in [0.15, 0.2) is 0 Å². The zero-order valence-corrected chi connectivity index (χ0v) is 33.8. The van der Waals surface area contributed by atoms with Crippen LogP contribution >= 0.6 is 23.4 Å². The van der Waals surface area contributed by atoms with E-state index in [9.17, 15) is 23.3 Å². The number of nitrogens with one attached hydrogen (secondary N) is 2. The maximum Gasteiger partial charge on any atom is 0.293 e. The first-order valence-electron chi connectivity index (χ1n) is 19.0. The number of carbonyl (C=O) groups is 1. The Morgan fingerprint density at radius 3 is 2.21 bits per heavy atom. The molecule has 2 heterocycles. The van der Waals surface area contributed by atoms with Gasteiger partial charge in [0.2, 0.25) is 0 Å². The molecule has 2 aliphatic rings. The van der Waals surface area contributed by atoms with E-state index in [-0.39, 0.29) is 27.9 Å². The zero-order valence-electron chi connectivity index (χ0n) is 31.4. The highest BCUT2D eigenvalue weighted by Crippen LogP contribution is 2.31. The molecule has 2 saturated heterocycles. The molecule has 0 radical (unpaired) electrons. The number of benzene rings is 5. The van der Waals surface area contributed by atoms with Crippen LogP contribution in [0.2, 0.25) is 5.02 Å². The Morgan fingerprint density at radius 1 is 0.825 bits per heavy atom. The summed E-state index contributed by atoms with van der Waals surface area (Å²) in [5, 5.41) is 16.3. The van der Waals surface area contributed by atoms with Crippen LogP contribution in [0.1, 0.15) is 28.8 Å². The summed E-state index contributed by atoms with van der Waals surface area (Å²) in [7, 11) is -4.42. The summed E-state index contributed by atoms with van der Waals surface area (Å²) in [5.74, 6) is -0.152. The lowest BCUT2D eigenvalue weighted by molar-refractivity contribution is -0.384. The number of hydrogen-bond acceptors (Lipinski definition) is 10. The molecule has 1 atom stereocenters. The van der Waals surface area contributed by atoms with Crippen LogP contribution in [0, 0.1) is 10.1 Å². The lowest BCUT2D eigenvalue weighted by Crippen LogP contribution is -2.46. The number of piperazine rings is 1. The van der Waals surface area contributed by atoms with Gasteiger partial charge in [-0.3, -0.25) is 19.8 Å². The van der Waals surface area contributed by atoms with Crippen LogP contribution in [-0.4, -0.2) is 86.7 Å². The zero-order chi connectivity index (χ0) is 39.8. The van der Waals surface area contributed by atoms with E-state index in [1.807, 2.05) is 72.8 Å². The van der Waals surface area contributed by atoms with Gasteiger partial charge in [-0.15, -0.1) is 11.8 Å². The molecular formula is C43H45ClN6O5S2. The molecule has 0 bridgehead atoms. The van der Waals surface area contributed by atoms with Gasteiger partial charge in [-0.25, -0.2) is 13.1 Å². The first-order chi connectivity index (χ1) is 27.6. The van der Waals surface area contributed by atoms with Crippen molar-refractivity contribution in [1.82, 2.24) is 14.5 Å². The minimum atomic E-state index is -4.42. The number of amides is 1. The Hall–Kier alpha value is -4.92. The third kappa shape index (κ3) is 10.5. The van der Waals surface area contributed by atoms with E-state index in [1.165, 1.54) is 29.7 Å². The summed E-state index contributed by atoms with van der Waals surface area (Å²) >= 11 is 7.78. The molecule has 296 valence electrons. The predicted molar refractivity (Wildman–Crippen MR) is 229 cm³/mol. The molecule has 5 aromatic carbocycles. The summed E-state index contributed by atoms with van der Waals surface area (Å²) in [6, 6.07) is 36.7. The van der Waals surface area contributed by atoms with Crippen molar-refractivity contribution < 1.29 is 18.1 Å². The highest BCUT2D eigenvalue weighted by atomic mass is 35.5. The smallest absolute Gasteiger partial charge is 0.293 e. The molecule has 5 aromatic rings. The Morgan fingerprint density at radius 2 is 1.53 bits per heavy atom. The molecule has 2 N–H and O–H groups in total. The first-order valence-corrected chi connectivity index (χ1v) is 21.9. The van der Waals surface area contributed by atoms with Gasteiger partial charge in [-0.05, 0) is 103 Å². The molecule has 7 rings (SSSR count). The van der Waals surface area contributed by atoms with Crippen molar-refractivity contribution in [1.29, 1.82) is 0 Å². The number of hydrogen-bond donors (Lipinski definition) is 2. The lowest BCUT2D eigenvalue weighted by atomic mass is 9.99. The highest BCUT2D eigenvalue weighted by molar-refractivity contribution is 7.99. The quantitative estimate of drug-likeness (QED) is 0.0574. The summed E-state index contributed by atoms with van der Waals surface area (Å²) in [6.45, 7) is 7.04. The van der Waals surface area contributed by atoms with E-state index in [0.29, 0.717) is 10.8 Å². The Kier molecular flexibility index (Phi) is 13.1. The molecule has 1 amide bonds. The maximum absolute atomic E-state index is 13.4. The third-order valence-electron chi connectivity index (χ3n) is 10.4. The number of nitro groups is 1. The average molecular weight is 825 g/mol. The van der Waals surface area contributed by atoms with Crippen LogP contribution in [0.3, 0.4) is 0 Å².